The summed E-state index contributed by atoms with van der Waals surface area (Å²) in [4.78, 5) is 14.1. The van der Waals surface area contributed by atoms with Crippen LogP contribution in [0.2, 0.25) is 0 Å². The number of benzene rings is 1. The summed E-state index contributed by atoms with van der Waals surface area (Å²) < 4.78 is 13.4. The molecule has 5 heteroatoms. The maximum Gasteiger partial charge on any atom is 0.256 e. The van der Waals surface area contributed by atoms with Crippen molar-refractivity contribution in [2.45, 2.75) is 24.3 Å². The number of nitrogens with two attached hydrogens (primary N) is 1. The molecule has 0 aliphatic carbocycles. The van der Waals surface area contributed by atoms with Crippen LogP contribution in [0.1, 0.15) is 24.2 Å². The Morgan fingerprint density at radius 2 is 2.00 bits per heavy atom. The van der Waals surface area contributed by atoms with E-state index in [-0.39, 0.29) is 17.2 Å². The van der Waals surface area contributed by atoms with Crippen molar-refractivity contribution in [1.29, 1.82) is 0 Å². The zero-order valence-electron chi connectivity index (χ0n) is 10.5. The number of anilines is 1. The molecule has 2 atom stereocenters. The molecule has 1 aliphatic heterocycles. The smallest absolute Gasteiger partial charge is 0.256 e. The van der Waals surface area contributed by atoms with E-state index < -0.39 is 5.82 Å². The van der Waals surface area contributed by atoms with E-state index in [9.17, 15) is 9.18 Å². The predicted molar refractivity (Wildman–Crippen MR) is 73.2 cm³/mol. The molecule has 1 aromatic rings. The van der Waals surface area contributed by atoms with Gasteiger partial charge in [0, 0.05) is 23.6 Å². The second-order valence-corrected chi connectivity index (χ2v) is 6.55. The van der Waals surface area contributed by atoms with Gasteiger partial charge in [0.2, 0.25) is 0 Å². The Bertz CT molecular complexity index is 456. The number of carbonyl (C=O) groups is 1. The van der Waals surface area contributed by atoms with Gasteiger partial charge in [-0.25, -0.2) is 4.39 Å². The lowest BCUT2D eigenvalue weighted by molar-refractivity contribution is 0.0754. The van der Waals surface area contributed by atoms with Gasteiger partial charge in [-0.05, 0) is 12.1 Å². The van der Waals surface area contributed by atoms with Crippen molar-refractivity contribution in [3.63, 3.8) is 0 Å². The summed E-state index contributed by atoms with van der Waals surface area (Å²) in [7, 11) is 0. The van der Waals surface area contributed by atoms with E-state index in [0.29, 0.717) is 23.6 Å². The van der Waals surface area contributed by atoms with Gasteiger partial charge in [0.15, 0.2) is 0 Å². The van der Waals surface area contributed by atoms with Crippen LogP contribution < -0.4 is 5.73 Å². The monoisotopic (exact) mass is 268 g/mol. The molecule has 0 spiro atoms. The third kappa shape index (κ3) is 2.61. The van der Waals surface area contributed by atoms with E-state index in [1.807, 2.05) is 11.8 Å². The lowest BCUT2D eigenvalue weighted by Crippen LogP contribution is -2.44. The van der Waals surface area contributed by atoms with Crippen molar-refractivity contribution in [2.75, 3.05) is 18.8 Å². The Kier molecular flexibility index (Phi) is 3.80. The summed E-state index contributed by atoms with van der Waals surface area (Å²) >= 11 is 1.87. The summed E-state index contributed by atoms with van der Waals surface area (Å²) in [5.41, 5.74) is 5.84. The average Bonchev–Trinajstić information content (AvgIpc) is 2.30. The molecular weight excluding hydrogens is 251 g/mol. The minimum atomic E-state index is -0.534. The number of amides is 1. The number of carbonyl (C=O) groups excluding carboxylic acids is 1. The molecule has 0 aromatic heterocycles. The Balaban J connectivity index is 2.23. The molecule has 1 amide bonds. The highest BCUT2D eigenvalue weighted by atomic mass is 32.2. The van der Waals surface area contributed by atoms with E-state index in [2.05, 4.69) is 13.8 Å². The molecule has 1 heterocycles. The number of nitrogen functional groups attached to an aromatic ring is 1. The molecule has 2 rings (SSSR count). The lowest BCUT2D eigenvalue weighted by atomic mass is 10.1. The van der Waals surface area contributed by atoms with Crippen LogP contribution in [0.3, 0.4) is 0 Å². The molecule has 1 aromatic carbocycles. The van der Waals surface area contributed by atoms with Crippen LogP contribution >= 0.6 is 11.8 Å². The van der Waals surface area contributed by atoms with Crippen LogP contribution in [0.15, 0.2) is 18.2 Å². The van der Waals surface area contributed by atoms with Crippen molar-refractivity contribution in [2.24, 2.45) is 0 Å². The molecule has 2 unspecified atom stereocenters. The zero-order valence-corrected chi connectivity index (χ0v) is 11.3. The molecule has 0 radical (unpaired) electrons. The number of halogens is 1. The molecule has 1 fully saturated rings. The highest BCUT2D eigenvalue weighted by molar-refractivity contribution is 8.00. The van der Waals surface area contributed by atoms with Gasteiger partial charge in [-0.3, -0.25) is 4.79 Å². The fraction of sp³-hybridized carbons (Fsp3) is 0.462. The Morgan fingerprint density at radius 3 is 2.61 bits per heavy atom. The van der Waals surface area contributed by atoms with Gasteiger partial charge >= 0.3 is 0 Å². The van der Waals surface area contributed by atoms with Crippen LogP contribution in [0, 0.1) is 5.82 Å². The number of para-hydroxylation sites is 1. The maximum atomic E-state index is 13.4. The average molecular weight is 268 g/mol. The summed E-state index contributed by atoms with van der Waals surface area (Å²) in [6, 6.07) is 4.37. The minimum Gasteiger partial charge on any atom is -0.396 e. The van der Waals surface area contributed by atoms with Crippen molar-refractivity contribution < 1.29 is 9.18 Å². The molecule has 1 aliphatic rings. The first-order valence-electron chi connectivity index (χ1n) is 5.97. The summed E-state index contributed by atoms with van der Waals surface area (Å²) in [5.74, 6) is -0.709. The molecule has 98 valence electrons. The van der Waals surface area contributed by atoms with Crippen molar-refractivity contribution in [3.05, 3.63) is 29.6 Å². The normalized spacial score (nSPS) is 24.1. The van der Waals surface area contributed by atoms with Crippen LogP contribution in [-0.4, -0.2) is 34.4 Å². The maximum absolute atomic E-state index is 13.4. The van der Waals surface area contributed by atoms with E-state index in [1.54, 1.807) is 11.0 Å². The minimum absolute atomic E-state index is 0.0546. The zero-order chi connectivity index (χ0) is 13.3. The SMILES string of the molecule is CC1CN(C(=O)c2cccc(F)c2N)CC(C)S1. The van der Waals surface area contributed by atoms with Gasteiger partial charge in [0.1, 0.15) is 5.82 Å². The first-order valence-corrected chi connectivity index (χ1v) is 6.92. The molecule has 0 bridgehead atoms. The Morgan fingerprint density at radius 1 is 1.39 bits per heavy atom. The van der Waals surface area contributed by atoms with E-state index >= 15 is 0 Å². The van der Waals surface area contributed by atoms with Crippen molar-refractivity contribution in [1.82, 2.24) is 4.90 Å². The van der Waals surface area contributed by atoms with Gasteiger partial charge in [0.05, 0.1) is 11.3 Å². The number of thioether (sulfide) groups is 1. The van der Waals surface area contributed by atoms with Crippen LogP contribution in [0.5, 0.6) is 0 Å². The van der Waals surface area contributed by atoms with Crippen molar-refractivity contribution in [3.8, 4) is 0 Å². The Hall–Kier alpha value is -1.23. The van der Waals surface area contributed by atoms with Crippen LogP contribution in [0.4, 0.5) is 10.1 Å². The largest absolute Gasteiger partial charge is 0.396 e. The standard InChI is InChI=1S/C13H17FN2OS/c1-8-6-16(7-9(2)18-8)13(17)10-4-3-5-11(14)12(10)15/h3-5,8-9H,6-7,15H2,1-2H3. The Labute approximate surface area is 111 Å². The topological polar surface area (TPSA) is 46.3 Å². The van der Waals surface area contributed by atoms with E-state index in [1.165, 1.54) is 12.1 Å². The summed E-state index contributed by atoms with van der Waals surface area (Å²) in [5, 5.41) is 0.792. The third-order valence-electron chi connectivity index (χ3n) is 2.99. The first kappa shape index (κ1) is 13.2. The summed E-state index contributed by atoms with van der Waals surface area (Å²) in [6.45, 7) is 5.55. The predicted octanol–water partition coefficient (Wildman–Crippen LogP) is 2.37. The molecule has 18 heavy (non-hydrogen) atoms. The van der Waals surface area contributed by atoms with Crippen molar-refractivity contribution >= 4 is 23.4 Å². The molecule has 1 saturated heterocycles. The van der Waals surface area contributed by atoms with Gasteiger partial charge in [-0.15, -0.1) is 0 Å². The van der Waals surface area contributed by atoms with Gasteiger partial charge in [-0.1, -0.05) is 19.9 Å². The van der Waals surface area contributed by atoms with Crippen LogP contribution in [-0.2, 0) is 0 Å². The fourth-order valence-corrected chi connectivity index (χ4v) is 3.56. The van der Waals surface area contributed by atoms with E-state index in [0.717, 1.165) is 0 Å². The second kappa shape index (κ2) is 5.18. The first-order chi connectivity index (χ1) is 8.49. The number of nitrogens with zero attached hydrogens (tertiary/aromatic N) is 1. The van der Waals surface area contributed by atoms with Gasteiger partial charge < -0.3 is 10.6 Å². The lowest BCUT2D eigenvalue weighted by Gasteiger charge is -2.34. The fourth-order valence-electron chi connectivity index (χ4n) is 2.24. The van der Waals surface area contributed by atoms with Crippen LogP contribution in [0.25, 0.3) is 0 Å². The van der Waals surface area contributed by atoms with E-state index in [4.69, 9.17) is 5.73 Å². The second-order valence-electron chi connectivity index (χ2n) is 4.67. The highest BCUT2D eigenvalue weighted by Gasteiger charge is 2.27. The molecule has 0 saturated carbocycles. The van der Waals surface area contributed by atoms with Gasteiger partial charge in [-0.2, -0.15) is 11.8 Å². The summed E-state index contributed by atoms with van der Waals surface area (Å²) in [6.07, 6.45) is 0. The number of hydrogen-bond acceptors (Lipinski definition) is 3. The molecular formula is C13H17FN2OS. The highest BCUT2D eigenvalue weighted by Crippen LogP contribution is 2.27. The molecule has 3 nitrogen and oxygen atoms in total. The number of hydrogen-bond donors (Lipinski definition) is 1. The van der Waals surface area contributed by atoms with Gasteiger partial charge in [0.25, 0.3) is 5.91 Å². The third-order valence-corrected chi connectivity index (χ3v) is 4.22. The quantitative estimate of drug-likeness (QED) is 0.795. The number of rotatable bonds is 1. The molecule has 2 N–H and O–H groups in total.